The summed E-state index contributed by atoms with van der Waals surface area (Å²) in [6, 6.07) is 6.53. The Morgan fingerprint density at radius 1 is 1.00 bits per heavy atom. The molecule has 0 aliphatic carbocycles. The maximum Gasteiger partial charge on any atom is 0.0697 e. The van der Waals surface area contributed by atoms with Gasteiger partial charge in [-0.15, -0.1) is 0 Å². The summed E-state index contributed by atoms with van der Waals surface area (Å²) in [5.74, 6) is 0. The van der Waals surface area contributed by atoms with Crippen LogP contribution in [0.4, 0.5) is 5.69 Å². The van der Waals surface area contributed by atoms with Crippen molar-refractivity contribution in [2.45, 2.75) is 13.8 Å². The summed E-state index contributed by atoms with van der Waals surface area (Å²) in [5, 5.41) is 0. The van der Waals surface area contributed by atoms with Crippen LogP contribution >= 0.6 is 45.7 Å². The molecular weight excluding hydrogens is 364 g/mol. The van der Waals surface area contributed by atoms with Crippen LogP contribution in [0, 0.1) is 13.8 Å². The van der Waals surface area contributed by atoms with Crippen LogP contribution in [0.3, 0.4) is 0 Å². The van der Waals surface area contributed by atoms with Gasteiger partial charge in [-0.1, -0.05) is 6.07 Å². The predicted molar refractivity (Wildman–Crippen MR) is 66.4 cm³/mol. The molecule has 1 aromatic rings. The first-order valence-corrected chi connectivity index (χ1v) is 5.22. The third kappa shape index (κ3) is 2.77. The number of hydrogen-bond acceptors (Lipinski definition) is 1. The lowest BCUT2D eigenvalue weighted by atomic mass is 10.1. The molecule has 0 radical (unpaired) electrons. The van der Waals surface area contributed by atoms with E-state index in [2.05, 4.69) is 79.1 Å². The fourth-order valence-electron chi connectivity index (χ4n) is 1.05. The minimum absolute atomic E-state index is 1.25. The van der Waals surface area contributed by atoms with Crippen molar-refractivity contribution in [1.29, 1.82) is 0 Å². The van der Waals surface area contributed by atoms with Gasteiger partial charge >= 0.3 is 0 Å². The number of halogens is 2. The van der Waals surface area contributed by atoms with Crippen molar-refractivity contribution in [3.63, 3.8) is 0 Å². The van der Waals surface area contributed by atoms with Gasteiger partial charge in [0.25, 0.3) is 0 Å². The van der Waals surface area contributed by atoms with Gasteiger partial charge in [0, 0.05) is 0 Å². The van der Waals surface area contributed by atoms with Gasteiger partial charge < -0.3 is 0 Å². The number of nitrogens with zero attached hydrogens (tertiary/aromatic N) is 1. The van der Waals surface area contributed by atoms with Crippen molar-refractivity contribution < 1.29 is 0 Å². The second-order valence-electron chi connectivity index (χ2n) is 2.58. The van der Waals surface area contributed by atoms with Crippen molar-refractivity contribution >= 4 is 51.4 Å². The van der Waals surface area contributed by atoms with E-state index in [0.717, 1.165) is 0 Å². The summed E-state index contributed by atoms with van der Waals surface area (Å²) >= 11 is 4.52. The van der Waals surface area contributed by atoms with E-state index in [-0.39, 0.29) is 0 Å². The highest BCUT2D eigenvalue weighted by molar-refractivity contribution is 14.2. The average molecular weight is 373 g/mol. The first-order chi connectivity index (χ1) is 5.09. The summed E-state index contributed by atoms with van der Waals surface area (Å²) in [7, 11) is 0. The molecule has 0 atom stereocenters. The van der Waals surface area contributed by atoms with Crippen molar-refractivity contribution in [2.24, 2.45) is 0 Å². The maximum absolute atomic E-state index is 2.26. The van der Waals surface area contributed by atoms with Crippen LogP contribution in [0.5, 0.6) is 0 Å². The molecule has 0 unspecified atom stereocenters. The summed E-state index contributed by atoms with van der Waals surface area (Å²) in [4.78, 5) is 0. The molecule has 0 bridgehead atoms. The molecule has 0 spiro atoms. The molecule has 1 nitrogen and oxygen atoms in total. The quantitative estimate of drug-likeness (QED) is 0.535. The van der Waals surface area contributed by atoms with E-state index in [1.54, 1.807) is 0 Å². The topological polar surface area (TPSA) is 3.24 Å². The Morgan fingerprint density at radius 2 is 1.45 bits per heavy atom. The lowest BCUT2D eigenvalue weighted by Crippen LogP contribution is -1.90. The molecule has 11 heavy (non-hydrogen) atoms. The van der Waals surface area contributed by atoms with Crippen LogP contribution in [0.2, 0.25) is 0 Å². The van der Waals surface area contributed by atoms with Crippen LogP contribution in [0.15, 0.2) is 18.2 Å². The van der Waals surface area contributed by atoms with Crippen molar-refractivity contribution in [1.82, 2.24) is 0 Å². The Morgan fingerprint density at radius 3 is 1.82 bits per heavy atom. The molecule has 0 fully saturated rings. The Labute approximate surface area is 95.2 Å². The van der Waals surface area contributed by atoms with Crippen LogP contribution in [-0.2, 0) is 0 Å². The van der Waals surface area contributed by atoms with Gasteiger partial charge in [-0.2, -0.15) is 0 Å². The highest BCUT2D eigenvalue weighted by Gasteiger charge is 1.98. The lowest BCUT2D eigenvalue weighted by molar-refractivity contribution is 1.38. The number of aryl methyl sites for hydroxylation is 2. The first kappa shape index (κ1) is 9.57. The summed E-state index contributed by atoms with van der Waals surface area (Å²) < 4.78 is 2.06. The number of rotatable bonds is 1. The zero-order valence-corrected chi connectivity index (χ0v) is 10.8. The van der Waals surface area contributed by atoms with Gasteiger partial charge in [0.15, 0.2) is 0 Å². The van der Waals surface area contributed by atoms with E-state index in [1.807, 2.05) is 0 Å². The van der Waals surface area contributed by atoms with E-state index in [1.165, 1.54) is 16.8 Å². The largest absolute Gasteiger partial charge is 0.255 e. The molecule has 0 saturated heterocycles. The van der Waals surface area contributed by atoms with Gasteiger partial charge in [-0.05, 0) is 37.1 Å². The maximum atomic E-state index is 2.26. The molecule has 0 aliphatic rings. The zero-order valence-electron chi connectivity index (χ0n) is 6.44. The standard InChI is InChI=1S/C8H9I2N/c1-6-3-7(2)5-8(4-6)11(9)10/h3-5H,1-2H3. The van der Waals surface area contributed by atoms with Crippen molar-refractivity contribution in [3.8, 4) is 0 Å². The van der Waals surface area contributed by atoms with Crippen molar-refractivity contribution in [2.75, 3.05) is 1.33 Å². The summed E-state index contributed by atoms with van der Waals surface area (Å²) in [6.07, 6.45) is 0. The van der Waals surface area contributed by atoms with Crippen LogP contribution in [0.1, 0.15) is 11.1 Å². The van der Waals surface area contributed by atoms with Gasteiger partial charge in [0.2, 0.25) is 0 Å². The lowest BCUT2D eigenvalue weighted by Gasteiger charge is -2.08. The second-order valence-corrected chi connectivity index (χ2v) is 6.35. The highest BCUT2D eigenvalue weighted by Crippen LogP contribution is 2.24. The second kappa shape index (κ2) is 3.93. The fraction of sp³-hybridized carbons (Fsp3) is 0.250. The predicted octanol–water partition coefficient (Wildman–Crippen LogP) is 3.81. The molecule has 0 aliphatic heterocycles. The van der Waals surface area contributed by atoms with Crippen LogP contribution < -0.4 is 1.33 Å². The van der Waals surface area contributed by atoms with Crippen LogP contribution in [0.25, 0.3) is 0 Å². The van der Waals surface area contributed by atoms with E-state index >= 15 is 0 Å². The Bertz CT molecular complexity index is 238. The number of hydrogen-bond donors (Lipinski definition) is 0. The first-order valence-electron chi connectivity index (χ1n) is 3.29. The Hall–Kier alpha value is 0.480. The van der Waals surface area contributed by atoms with E-state index in [9.17, 15) is 0 Å². The minimum Gasteiger partial charge on any atom is -0.255 e. The normalized spacial score (nSPS) is 9.82. The molecule has 0 aromatic heterocycles. The summed E-state index contributed by atoms with van der Waals surface area (Å²) in [6.45, 7) is 4.24. The Kier molecular flexibility index (Phi) is 3.42. The third-order valence-electron chi connectivity index (χ3n) is 1.40. The molecule has 3 heteroatoms. The van der Waals surface area contributed by atoms with Gasteiger partial charge in [-0.3, -0.25) is 1.33 Å². The molecular formula is C8H9I2N. The van der Waals surface area contributed by atoms with E-state index in [4.69, 9.17) is 0 Å². The molecule has 60 valence electrons. The zero-order chi connectivity index (χ0) is 8.43. The smallest absolute Gasteiger partial charge is 0.0697 e. The van der Waals surface area contributed by atoms with Crippen LogP contribution in [-0.4, -0.2) is 0 Å². The van der Waals surface area contributed by atoms with Gasteiger partial charge in [0.05, 0.1) is 51.4 Å². The number of benzene rings is 1. The van der Waals surface area contributed by atoms with E-state index in [0.29, 0.717) is 0 Å². The molecule has 1 aromatic carbocycles. The van der Waals surface area contributed by atoms with E-state index < -0.39 is 0 Å². The highest BCUT2D eigenvalue weighted by atomic mass is 127. The fourth-order valence-corrected chi connectivity index (χ4v) is 1.61. The minimum atomic E-state index is 1.25. The SMILES string of the molecule is Cc1cc(C)cc(N(I)I)c1. The molecule has 1 rings (SSSR count). The number of anilines is 1. The molecule has 0 heterocycles. The monoisotopic (exact) mass is 373 g/mol. The average Bonchev–Trinajstić information content (AvgIpc) is 1.85. The van der Waals surface area contributed by atoms with Crippen molar-refractivity contribution in [3.05, 3.63) is 29.3 Å². The van der Waals surface area contributed by atoms with Gasteiger partial charge in [-0.25, -0.2) is 0 Å². The van der Waals surface area contributed by atoms with Gasteiger partial charge in [0.1, 0.15) is 0 Å². The molecule has 0 amide bonds. The third-order valence-corrected chi connectivity index (χ3v) is 2.52. The Balaban J connectivity index is 3.08. The molecule has 0 saturated carbocycles. The molecule has 0 N–H and O–H groups in total. The summed E-state index contributed by atoms with van der Waals surface area (Å²) in [5.41, 5.74) is 3.89.